The Morgan fingerprint density at radius 3 is 2.62 bits per heavy atom. The number of nitrogens with two attached hydrogens (primary N) is 1. The van der Waals surface area contributed by atoms with E-state index in [1.54, 1.807) is 6.92 Å². The summed E-state index contributed by atoms with van der Waals surface area (Å²) < 4.78 is 25.4. The Morgan fingerprint density at radius 2 is 2.08 bits per heavy atom. The van der Waals surface area contributed by atoms with Gasteiger partial charge in [-0.25, -0.2) is 8.78 Å². The van der Waals surface area contributed by atoms with E-state index < -0.39 is 17.4 Å². The number of halogens is 2. The highest BCUT2D eigenvalue weighted by molar-refractivity contribution is 5.34. The van der Waals surface area contributed by atoms with Crippen molar-refractivity contribution in [1.82, 2.24) is 0 Å². The summed E-state index contributed by atoms with van der Waals surface area (Å²) in [4.78, 5) is 0. The van der Waals surface area contributed by atoms with Crippen molar-refractivity contribution in [2.75, 3.05) is 0 Å². The quantitative estimate of drug-likeness (QED) is 0.738. The lowest BCUT2D eigenvalue weighted by atomic mass is 10.1. The molecule has 1 atom stereocenters. The van der Waals surface area contributed by atoms with E-state index >= 15 is 0 Å². The Balaban J connectivity index is 3.05. The molecule has 0 aliphatic heterocycles. The molecule has 0 saturated heterocycles. The fourth-order valence-electron chi connectivity index (χ4n) is 1.12. The van der Waals surface area contributed by atoms with Gasteiger partial charge in [0.1, 0.15) is 5.82 Å². The Morgan fingerprint density at radius 1 is 1.46 bits per heavy atom. The van der Waals surface area contributed by atoms with Crippen molar-refractivity contribution < 1.29 is 13.9 Å². The molecule has 0 spiro atoms. The first-order valence-corrected chi connectivity index (χ1v) is 3.93. The summed E-state index contributed by atoms with van der Waals surface area (Å²) in [5.74, 6) is -2.17. The topological polar surface area (TPSA) is 46.2 Å². The van der Waals surface area contributed by atoms with Crippen molar-refractivity contribution in [1.29, 1.82) is 0 Å². The number of hydrogen-bond acceptors (Lipinski definition) is 2. The minimum Gasteiger partial charge on any atom is -0.505 e. The predicted molar refractivity (Wildman–Crippen MR) is 45.4 cm³/mol. The van der Waals surface area contributed by atoms with Gasteiger partial charge in [0.2, 0.25) is 0 Å². The maximum atomic E-state index is 12.8. The third-order valence-corrected chi connectivity index (χ3v) is 1.65. The Kier molecular flexibility index (Phi) is 2.83. The summed E-state index contributed by atoms with van der Waals surface area (Å²) in [6, 6.07) is 1.48. The molecule has 0 aromatic heterocycles. The third-order valence-electron chi connectivity index (χ3n) is 1.65. The molecule has 0 aliphatic carbocycles. The van der Waals surface area contributed by atoms with Crippen LogP contribution in [-0.2, 0) is 6.42 Å². The van der Waals surface area contributed by atoms with Crippen LogP contribution in [0.25, 0.3) is 0 Å². The molecule has 13 heavy (non-hydrogen) atoms. The second-order valence-corrected chi connectivity index (χ2v) is 3.08. The molecule has 0 amide bonds. The summed E-state index contributed by atoms with van der Waals surface area (Å²) in [6.45, 7) is 1.70. The number of benzene rings is 1. The van der Waals surface area contributed by atoms with Gasteiger partial charge in [0.25, 0.3) is 0 Å². The van der Waals surface area contributed by atoms with Gasteiger partial charge < -0.3 is 10.8 Å². The van der Waals surface area contributed by atoms with E-state index in [1.807, 2.05) is 0 Å². The number of rotatable bonds is 2. The van der Waals surface area contributed by atoms with E-state index in [1.165, 1.54) is 0 Å². The van der Waals surface area contributed by atoms with Crippen LogP contribution in [-0.4, -0.2) is 11.1 Å². The van der Waals surface area contributed by atoms with Crippen LogP contribution in [0.1, 0.15) is 12.5 Å². The molecule has 0 fully saturated rings. The SMILES string of the molecule is CC(N)Cc1cc(F)cc(F)c1O. The van der Waals surface area contributed by atoms with E-state index in [-0.39, 0.29) is 18.0 Å². The summed E-state index contributed by atoms with van der Waals surface area (Å²) in [5, 5.41) is 9.17. The van der Waals surface area contributed by atoms with Crippen LogP contribution in [0.4, 0.5) is 8.78 Å². The lowest BCUT2D eigenvalue weighted by Gasteiger charge is -2.07. The van der Waals surface area contributed by atoms with Crippen LogP contribution in [0.2, 0.25) is 0 Å². The van der Waals surface area contributed by atoms with E-state index in [0.29, 0.717) is 6.07 Å². The highest BCUT2D eigenvalue weighted by atomic mass is 19.1. The van der Waals surface area contributed by atoms with Crippen molar-refractivity contribution in [2.24, 2.45) is 5.73 Å². The van der Waals surface area contributed by atoms with E-state index in [0.717, 1.165) is 6.07 Å². The Hall–Kier alpha value is -1.16. The number of phenols is 1. The molecule has 72 valence electrons. The summed E-state index contributed by atoms with van der Waals surface area (Å²) >= 11 is 0. The third kappa shape index (κ3) is 2.39. The van der Waals surface area contributed by atoms with Crippen molar-refractivity contribution >= 4 is 0 Å². The average molecular weight is 187 g/mol. The second-order valence-electron chi connectivity index (χ2n) is 3.08. The summed E-state index contributed by atoms with van der Waals surface area (Å²) in [5.41, 5.74) is 5.64. The van der Waals surface area contributed by atoms with Crippen LogP contribution in [0.5, 0.6) is 5.75 Å². The first-order chi connectivity index (χ1) is 6.00. The lowest BCUT2D eigenvalue weighted by molar-refractivity contribution is 0.419. The molecular formula is C9H11F2NO. The predicted octanol–water partition coefficient (Wildman–Crippen LogP) is 1.56. The van der Waals surface area contributed by atoms with Gasteiger partial charge in [-0.3, -0.25) is 0 Å². The molecule has 1 aromatic carbocycles. The summed E-state index contributed by atoms with van der Waals surface area (Å²) in [7, 11) is 0. The zero-order chi connectivity index (χ0) is 10.0. The maximum Gasteiger partial charge on any atom is 0.168 e. The Labute approximate surface area is 75.0 Å². The molecule has 0 radical (unpaired) electrons. The molecule has 4 heteroatoms. The van der Waals surface area contributed by atoms with Gasteiger partial charge >= 0.3 is 0 Å². The van der Waals surface area contributed by atoms with Crippen molar-refractivity contribution in [2.45, 2.75) is 19.4 Å². The average Bonchev–Trinajstić information content (AvgIpc) is 1.98. The van der Waals surface area contributed by atoms with E-state index in [9.17, 15) is 13.9 Å². The minimum atomic E-state index is -0.948. The molecule has 0 heterocycles. The monoisotopic (exact) mass is 187 g/mol. The fraction of sp³-hybridized carbons (Fsp3) is 0.333. The molecular weight excluding hydrogens is 176 g/mol. The van der Waals surface area contributed by atoms with Crippen LogP contribution in [0, 0.1) is 11.6 Å². The highest BCUT2D eigenvalue weighted by Gasteiger charge is 2.10. The van der Waals surface area contributed by atoms with E-state index in [4.69, 9.17) is 5.73 Å². The number of phenolic OH excluding ortho intramolecular Hbond substituents is 1. The molecule has 1 unspecified atom stereocenters. The second kappa shape index (κ2) is 3.70. The largest absolute Gasteiger partial charge is 0.505 e. The smallest absolute Gasteiger partial charge is 0.168 e. The number of hydrogen-bond donors (Lipinski definition) is 2. The first-order valence-electron chi connectivity index (χ1n) is 3.93. The molecule has 0 saturated carbocycles. The van der Waals surface area contributed by atoms with Gasteiger partial charge in [-0.2, -0.15) is 0 Å². The standard InChI is InChI=1S/C9H11F2NO/c1-5(12)2-6-3-7(10)4-8(11)9(6)13/h3-5,13H,2,12H2,1H3. The van der Waals surface area contributed by atoms with Crippen LogP contribution < -0.4 is 5.73 Å². The fourth-order valence-corrected chi connectivity index (χ4v) is 1.12. The minimum absolute atomic E-state index is 0.201. The first kappa shape index (κ1) is 9.92. The molecule has 2 nitrogen and oxygen atoms in total. The molecule has 3 N–H and O–H groups in total. The van der Waals surface area contributed by atoms with Gasteiger partial charge in [0.05, 0.1) is 0 Å². The summed E-state index contributed by atoms with van der Waals surface area (Å²) in [6.07, 6.45) is 0.251. The van der Waals surface area contributed by atoms with E-state index in [2.05, 4.69) is 0 Å². The lowest BCUT2D eigenvalue weighted by Crippen LogP contribution is -2.18. The van der Waals surface area contributed by atoms with Crippen molar-refractivity contribution in [3.8, 4) is 5.75 Å². The van der Waals surface area contributed by atoms with Gasteiger partial charge in [-0.15, -0.1) is 0 Å². The molecule has 0 bridgehead atoms. The zero-order valence-electron chi connectivity index (χ0n) is 7.22. The molecule has 0 aliphatic rings. The normalized spacial score (nSPS) is 12.9. The van der Waals surface area contributed by atoms with Crippen LogP contribution >= 0.6 is 0 Å². The van der Waals surface area contributed by atoms with Gasteiger partial charge in [0, 0.05) is 17.7 Å². The van der Waals surface area contributed by atoms with Crippen molar-refractivity contribution in [3.05, 3.63) is 29.3 Å². The number of aromatic hydroxyl groups is 1. The zero-order valence-corrected chi connectivity index (χ0v) is 7.22. The van der Waals surface area contributed by atoms with Crippen molar-refractivity contribution in [3.63, 3.8) is 0 Å². The molecule has 1 rings (SSSR count). The van der Waals surface area contributed by atoms with Gasteiger partial charge in [-0.1, -0.05) is 0 Å². The van der Waals surface area contributed by atoms with Gasteiger partial charge in [-0.05, 0) is 19.4 Å². The maximum absolute atomic E-state index is 12.8. The highest BCUT2D eigenvalue weighted by Crippen LogP contribution is 2.23. The van der Waals surface area contributed by atoms with Crippen LogP contribution in [0.15, 0.2) is 12.1 Å². The van der Waals surface area contributed by atoms with Crippen LogP contribution in [0.3, 0.4) is 0 Å². The van der Waals surface area contributed by atoms with Gasteiger partial charge in [0.15, 0.2) is 11.6 Å². The molecule has 1 aromatic rings. The Bertz CT molecular complexity index is 313.